The Morgan fingerprint density at radius 3 is 1.69 bits per heavy atom. The zero-order valence-electron chi connectivity index (χ0n) is 42.6. The van der Waals surface area contributed by atoms with Crippen molar-refractivity contribution in [1.82, 2.24) is 19.1 Å². The number of hydrogen-bond acceptors (Lipinski definition) is 13. The number of anilines is 2. The SMILES string of the molecule is COC(=O)Cc1ccc(Oc2cc3c(cc2N)nc(C)n3COCC[SiH](C)C)c(Cl)c1.COC(=O)Cc1ccc(Oc2cc3c(cc2NS(=O)(=O)c2ccc(Cl)cc2Cl)nc(C)n3COCC[Si](C)(C)C)c(Cl)c1. The molecule has 0 aliphatic heterocycles. The number of carbonyl (C=O) groups excluding carboxylic acids is 2. The van der Waals surface area contributed by atoms with Gasteiger partial charge in [-0.3, -0.25) is 14.3 Å². The summed E-state index contributed by atoms with van der Waals surface area (Å²) in [5.74, 6) is 2.11. The highest BCUT2D eigenvalue weighted by atomic mass is 35.5. The number of aromatic nitrogens is 4. The number of hydrogen-bond donors (Lipinski definition) is 2. The van der Waals surface area contributed by atoms with Crippen LogP contribution in [0.3, 0.4) is 0 Å². The third-order valence-corrected chi connectivity index (χ3v) is 17.2. The van der Waals surface area contributed by atoms with Gasteiger partial charge in [-0.2, -0.15) is 0 Å². The predicted octanol–water partition coefficient (Wildman–Crippen LogP) is 12.5. The summed E-state index contributed by atoms with van der Waals surface area (Å²) >= 11 is 25.1. The number of benzene rings is 5. The van der Waals surface area contributed by atoms with Crippen LogP contribution in [-0.4, -0.2) is 83.8 Å². The lowest BCUT2D eigenvalue weighted by atomic mass is 10.1. The standard InChI is InChI=1S/C29H32Cl3N3O6SSi.C22H28ClN3O4Si/c1-18-33-23-15-24(34-42(37,38)28-9-7-20(30)14-22(28)32)27(16-25(23)35(18)17-40-10-11-43(3,4)5)41-26-8-6-19(12-21(26)31)13-29(36)39-2;1-14-25-18-11-17(24)21(12-19(18)26(14)13-29-7-8-31(3)4)30-20-6-5-15(9-16(20)23)10-22(27)28-2/h6-9,12,14-16,34H,10-11,13,17H2,1-5H3;5-6,9,11-12,31H,7-8,10,13,24H2,1-4H3. The maximum atomic E-state index is 13.4. The second-order valence-electron chi connectivity index (χ2n) is 18.9. The van der Waals surface area contributed by atoms with Crippen LogP contribution in [0.4, 0.5) is 11.4 Å². The summed E-state index contributed by atoms with van der Waals surface area (Å²) < 4.78 is 66.8. The summed E-state index contributed by atoms with van der Waals surface area (Å²) in [6, 6.07) is 23.2. The van der Waals surface area contributed by atoms with E-state index in [9.17, 15) is 18.0 Å². The van der Waals surface area contributed by atoms with E-state index in [4.69, 9.17) is 75.8 Å². The van der Waals surface area contributed by atoms with Gasteiger partial charge in [-0.25, -0.2) is 18.4 Å². The average molecular weight is 1150 g/mol. The predicted molar refractivity (Wildman–Crippen MR) is 299 cm³/mol. The zero-order chi connectivity index (χ0) is 54.1. The van der Waals surface area contributed by atoms with Gasteiger partial charge in [0.1, 0.15) is 41.5 Å². The van der Waals surface area contributed by atoms with Crippen LogP contribution in [0.2, 0.25) is 64.9 Å². The average Bonchev–Trinajstić information content (AvgIpc) is 3.79. The Bertz CT molecular complexity index is 3280. The van der Waals surface area contributed by atoms with E-state index in [0.29, 0.717) is 63.0 Å². The number of fused-ring (bicyclic) bond motifs is 2. The van der Waals surface area contributed by atoms with Gasteiger partial charge in [-0.05, 0) is 91.7 Å². The fourth-order valence-electron chi connectivity index (χ4n) is 7.23. The maximum Gasteiger partial charge on any atom is 0.309 e. The molecule has 0 saturated carbocycles. The molecule has 7 aromatic rings. The number of rotatable bonds is 21. The molecule has 0 atom stereocenters. The van der Waals surface area contributed by atoms with Crippen LogP contribution in [0, 0.1) is 13.8 Å². The Labute approximate surface area is 453 Å². The van der Waals surface area contributed by atoms with Gasteiger partial charge in [0.15, 0.2) is 11.5 Å². The molecule has 0 spiro atoms. The molecule has 0 amide bonds. The Morgan fingerprint density at radius 1 is 0.676 bits per heavy atom. The molecule has 0 saturated heterocycles. The molecule has 74 heavy (non-hydrogen) atoms. The fourth-order valence-corrected chi connectivity index (χ4v) is 10.9. The topological polar surface area (TPSA) is 197 Å². The molecule has 0 radical (unpaired) electrons. The lowest BCUT2D eigenvalue weighted by molar-refractivity contribution is -0.140. The van der Waals surface area contributed by atoms with E-state index in [1.54, 1.807) is 54.6 Å². The van der Waals surface area contributed by atoms with Crippen molar-refractivity contribution >= 4 is 119 Å². The highest BCUT2D eigenvalue weighted by Crippen LogP contribution is 2.40. The lowest BCUT2D eigenvalue weighted by Gasteiger charge is -2.17. The molecule has 23 heteroatoms. The van der Waals surface area contributed by atoms with E-state index >= 15 is 0 Å². The van der Waals surface area contributed by atoms with Gasteiger partial charge in [0.2, 0.25) is 0 Å². The zero-order valence-corrected chi connectivity index (χ0v) is 48.6. The molecule has 0 fully saturated rings. The largest absolute Gasteiger partial charge is 0.469 e. The van der Waals surface area contributed by atoms with E-state index in [1.165, 1.54) is 32.4 Å². The second kappa shape index (κ2) is 25.5. The molecule has 0 aliphatic carbocycles. The first kappa shape index (κ1) is 57.9. The second-order valence-corrected chi connectivity index (χ2v) is 31.2. The van der Waals surface area contributed by atoms with Crippen LogP contribution in [-0.2, 0) is 64.9 Å². The molecule has 7 rings (SSSR count). The third kappa shape index (κ3) is 15.6. The van der Waals surface area contributed by atoms with Gasteiger partial charge in [-0.15, -0.1) is 0 Å². The summed E-state index contributed by atoms with van der Waals surface area (Å²) in [6.07, 6.45) is 0.174. The number of sulfonamides is 1. The van der Waals surface area contributed by atoms with Gasteiger partial charge in [-0.1, -0.05) is 91.3 Å². The molecule has 16 nitrogen and oxygen atoms in total. The van der Waals surface area contributed by atoms with E-state index in [1.807, 2.05) is 29.0 Å². The number of ether oxygens (including phenoxy) is 6. The van der Waals surface area contributed by atoms with Gasteiger partial charge in [0, 0.05) is 47.2 Å². The molecule has 0 aliphatic rings. The van der Waals surface area contributed by atoms with Crippen LogP contribution < -0.4 is 19.9 Å². The molecule has 396 valence electrons. The Hall–Kier alpha value is -5.36. The minimum absolute atomic E-state index is 0.0333. The van der Waals surface area contributed by atoms with Crippen LogP contribution in [0.5, 0.6) is 23.0 Å². The van der Waals surface area contributed by atoms with Crippen molar-refractivity contribution < 1.29 is 46.4 Å². The first-order valence-corrected chi connectivity index (χ1v) is 33.2. The number of esters is 2. The lowest BCUT2D eigenvalue weighted by Crippen LogP contribution is -2.22. The van der Waals surface area contributed by atoms with Gasteiger partial charge in [0.25, 0.3) is 10.0 Å². The van der Waals surface area contributed by atoms with Crippen molar-refractivity contribution in [3.05, 3.63) is 122 Å². The van der Waals surface area contributed by atoms with Crippen LogP contribution in [0.25, 0.3) is 22.1 Å². The molecule has 3 N–H and O–H groups in total. The first-order valence-electron chi connectivity index (χ1n) is 23.4. The minimum Gasteiger partial charge on any atom is -0.469 e. The molecule has 0 unspecified atom stereocenters. The van der Waals surface area contributed by atoms with Gasteiger partial charge < -0.3 is 43.3 Å². The number of carbonyl (C=O) groups is 2. The van der Waals surface area contributed by atoms with Crippen LogP contribution in [0.15, 0.2) is 83.8 Å². The van der Waals surface area contributed by atoms with Crippen molar-refractivity contribution in [3.8, 4) is 23.0 Å². The number of halogens is 4. The number of nitrogens with two attached hydrogens (primary N) is 1. The Kier molecular flexibility index (Phi) is 19.9. The summed E-state index contributed by atoms with van der Waals surface area (Å²) in [6.45, 7) is 17.3. The molecular formula is C51H60Cl4N6O10SSi2. The molecule has 0 bridgehead atoms. The first-order chi connectivity index (χ1) is 34.9. The summed E-state index contributed by atoms with van der Waals surface area (Å²) in [5, 5.41) is 0.860. The van der Waals surface area contributed by atoms with Crippen molar-refractivity contribution in [3.63, 3.8) is 0 Å². The number of nitrogens with zero attached hydrogens (tertiary/aromatic N) is 4. The highest BCUT2D eigenvalue weighted by Gasteiger charge is 2.24. The van der Waals surface area contributed by atoms with Crippen LogP contribution >= 0.6 is 46.4 Å². The summed E-state index contributed by atoms with van der Waals surface area (Å²) in [5.41, 5.74) is 11.0. The maximum absolute atomic E-state index is 13.4. The van der Waals surface area contributed by atoms with E-state index < -0.39 is 32.9 Å². The minimum atomic E-state index is -4.17. The Balaban J connectivity index is 0.000000254. The normalized spacial score (nSPS) is 11.7. The number of methoxy groups -OCH3 is 2. The molecule has 2 heterocycles. The number of imidazole rings is 2. The summed E-state index contributed by atoms with van der Waals surface area (Å²) in [4.78, 5) is 32.2. The van der Waals surface area contributed by atoms with Crippen molar-refractivity contribution in [2.75, 3.05) is 37.9 Å². The van der Waals surface area contributed by atoms with Gasteiger partial charge in [0.05, 0.1) is 75.6 Å². The fraction of sp³-hybridized carbons (Fsp3) is 0.333. The number of aryl methyl sites for hydroxylation is 2. The molecule has 5 aromatic carbocycles. The van der Waals surface area contributed by atoms with Crippen molar-refractivity contribution in [2.45, 2.75) is 89.9 Å². The molecular weight excluding hydrogens is 1090 g/mol. The van der Waals surface area contributed by atoms with E-state index in [2.05, 4.69) is 52.2 Å². The van der Waals surface area contributed by atoms with Crippen molar-refractivity contribution in [2.24, 2.45) is 0 Å². The Morgan fingerprint density at radius 2 is 1.19 bits per heavy atom. The highest BCUT2D eigenvalue weighted by molar-refractivity contribution is 7.92. The molecule has 2 aromatic heterocycles. The third-order valence-electron chi connectivity index (χ3n) is 11.4. The number of nitrogens with one attached hydrogen (secondary N) is 1. The van der Waals surface area contributed by atoms with Crippen molar-refractivity contribution in [1.29, 1.82) is 0 Å². The van der Waals surface area contributed by atoms with E-state index in [-0.39, 0.29) is 57.7 Å². The number of nitrogen functional groups attached to an aromatic ring is 1. The van der Waals surface area contributed by atoms with Gasteiger partial charge >= 0.3 is 11.9 Å². The smallest absolute Gasteiger partial charge is 0.309 e. The quantitative estimate of drug-likeness (QED) is 0.0299. The monoisotopic (exact) mass is 1140 g/mol. The van der Waals surface area contributed by atoms with Crippen LogP contribution in [0.1, 0.15) is 22.8 Å². The summed E-state index contributed by atoms with van der Waals surface area (Å²) in [7, 11) is -3.43. The van der Waals surface area contributed by atoms with E-state index in [0.717, 1.165) is 41.1 Å².